The fourth-order valence-electron chi connectivity index (χ4n) is 4.31. The Labute approximate surface area is 204 Å². The molecule has 0 bridgehead atoms. The molecule has 0 saturated heterocycles. The molecule has 0 unspecified atom stereocenters. The van der Waals surface area contributed by atoms with Crippen LogP contribution in [0.4, 0.5) is 0 Å². The number of fused-ring (bicyclic) bond motifs is 2. The Bertz CT molecular complexity index is 1640. The highest BCUT2D eigenvalue weighted by Crippen LogP contribution is 2.34. The molecule has 0 N–H and O–H groups in total. The summed E-state index contributed by atoms with van der Waals surface area (Å²) in [6, 6.07) is 20.5. The van der Waals surface area contributed by atoms with Crippen LogP contribution in [-0.4, -0.2) is 17.1 Å². The van der Waals surface area contributed by atoms with E-state index >= 15 is 0 Å². The number of nitrogens with zero attached hydrogens (tertiary/aromatic N) is 2. The number of carbonyl (C=O) groups is 1. The SMILES string of the molecule is CCOC(=O)C1=C(C)N=c2s/c(=C/c3ccccc3Cl)c(=O)n2[C@@H]1c1cccc2ccccc12. The molecule has 34 heavy (non-hydrogen) atoms. The van der Waals surface area contributed by atoms with E-state index in [1.807, 2.05) is 60.7 Å². The molecule has 0 fully saturated rings. The molecule has 0 saturated carbocycles. The van der Waals surface area contributed by atoms with Gasteiger partial charge in [-0.3, -0.25) is 9.36 Å². The molecule has 5 nitrogen and oxygen atoms in total. The van der Waals surface area contributed by atoms with Gasteiger partial charge in [0.05, 0.1) is 28.5 Å². The molecule has 0 spiro atoms. The van der Waals surface area contributed by atoms with Crippen LogP contribution in [0.5, 0.6) is 0 Å². The van der Waals surface area contributed by atoms with Gasteiger partial charge in [0, 0.05) is 5.02 Å². The predicted molar refractivity (Wildman–Crippen MR) is 136 cm³/mol. The lowest BCUT2D eigenvalue weighted by atomic mass is 9.91. The smallest absolute Gasteiger partial charge is 0.338 e. The summed E-state index contributed by atoms with van der Waals surface area (Å²) in [5.41, 5.74) is 2.28. The van der Waals surface area contributed by atoms with Crippen LogP contribution in [0, 0.1) is 0 Å². The largest absolute Gasteiger partial charge is 0.463 e. The van der Waals surface area contributed by atoms with Gasteiger partial charge < -0.3 is 4.74 Å². The maximum atomic E-state index is 13.7. The van der Waals surface area contributed by atoms with Crippen molar-refractivity contribution in [3.05, 3.63) is 114 Å². The number of ether oxygens (including phenoxy) is 1. The number of hydrogen-bond donors (Lipinski definition) is 0. The first kappa shape index (κ1) is 22.3. The van der Waals surface area contributed by atoms with Crippen molar-refractivity contribution in [3.63, 3.8) is 0 Å². The van der Waals surface area contributed by atoms with Gasteiger partial charge in [-0.05, 0) is 47.9 Å². The number of benzene rings is 3. The van der Waals surface area contributed by atoms with Gasteiger partial charge in [0.15, 0.2) is 4.80 Å². The lowest BCUT2D eigenvalue weighted by molar-refractivity contribution is -0.139. The highest BCUT2D eigenvalue weighted by molar-refractivity contribution is 7.07. The molecule has 0 amide bonds. The molecule has 0 radical (unpaired) electrons. The van der Waals surface area contributed by atoms with Crippen molar-refractivity contribution in [2.75, 3.05) is 6.61 Å². The minimum atomic E-state index is -0.658. The standard InChI is InChI=1S/C27H21ClN2O3S/c1-3-33-26(32)23-16(2)29-27-30(24(23)20-13-8-11-17-9-4-6-12-19(17)20)25(31)22(34-27)15-18-10-5-7-14-21(18)28/h4-15,24H,3H2,1-2H3/b22-15+/t24-/m1/s1. The first-order valence-corrected chi connectivity index (χ1v) is 12.1. The third-order valence-electron chi connectivity index (χ3n) is 5.83. The number of esters is 1. The maximum absolute atomic E-state index is 13.7. The van der Waals surface area contributed by atoms with E-state index in [0.717, 1.165) is 21.9 Å². The molecule has 1 aliphatic heterocycles. The van der Waals surface area contributed by atoms with E-state index in [1.54, 1.807) is 30.6 Å². The molecule has 5 rings (SSSR count). The molecule has 0 aliphatic carbocycles. The van der Waals surface area contributed by atoms with Crippen LogP contribution >= 0.6 is 22.9 Å². The van der Waals surface area contributed by atoms with Gasteiger partial charge in [-0.25, -0.2) is 9.79 Å². The maximum Gasteiger partial charge on any atom is 0.338 e. The van der Waals surface area contributed by atoms with Crippen LogP contribution in [0.3, 0.4) is 0 Å². The van der Waals surface area contributed by atoms with E-state index in [0.29, 0.717) is 25.6 Å². The van der Waals surface area contributed by atoms with Crippen LogP contribution < -0.4 is 14.9 Å². The lowest BCUT2D eigenvalue weighted by Gasteiger charge is -2.25. The Hall–Kier alpha value is -3.48. The number of allylic oxidation sites excluding steroid dienone is 1. The Balaban J connectivity index is 1.82. The average Bonchev–Trinajstić information content (AvgIpc) is 3.14. The summed E-state index contributed by atoms with van der Waals surface area (Å²) < 4.78 is 7.50. The second kappa shape index (κ2) is 9.05. The monoisotopic (exact) mass is 488 g/mol. The highest BCUT2D eigenvalue weighted by atomic mass is 35.5. The first-order chi connectivity index (χ1) is 16.5. The summed E-state index contributed by atoms with van der Waals surface area (Å²) in [4.78, 5) is 32.0. The van der Waals surface area contributed by atoms with Crippen molar-refractivity contribution >= 4 is 45.8 Å². The first-order valence-electron chi connectivity index (χ1n) is 10.9. The third kappa shape index (κ3) is 3.79. The topological polar surface area (TPSA) is 60.7 Å². The Morgan fingerprint density at radius 3 is 2.65 bits per heavy atom. The Kier molecular flexibility index (Phi) is 5.94. The molecular weight excluding hydrogens is 468 g/mol. The van der Waals surface area contributed by atoms with Crippen molar-refractivity contribution in [1.29, 1.82) is 0 Å². The molecule has 1 aromatic heterocycles. The average molecular weight is 489 g/mol. The molecular formula is C27H21ClN2O3S. The molecule has 2 heterocycles. The number of rotatable bonds is 4. The zero-order valence-electron chi connectivity index (χ0n) is 18.6. The van der Waals surface area contributed by atoms with E-state index in [2.05, 4.69) is 4.99 Å². The van der Waals surface area contributed by atoms with Gasteiger partial charge >= 0.3 is 5.97 Å². The van der Waals surface area contributed by atoms with E-state index < -0.39 is 12.0 Å². The van der Waals surface area contributed by atoms with Gasteiger partial charge in [-0.2, -0.15) is 0 Å². The van der Waals surface area contributed by atoms with Crippen molar-refractivity contribution in [2.24, 2.45) is 4.99 Å². The molecule has 170 valence electrons. The summed E-state index contributed by atoms with van der Waals surface area (Å²) in [5.74, 6) is -0.470. The second-order valence-electron chi connectivity index (χ2n) is 7.89. The molecule has 7 heteroatoms. The highest BCUT2D eigenvalue weighted by Gasteiger charge is 2.34. The summed E-state index contributed by atoms with van der Waals surface area (Å²) in [6.07, 6.45) is 1.77. The number of hydrogen-bond acceptors (Lipinski definition) is 5. The minimum absolute atomic E-state index is 0.226. The third-order valence-corrected chi connectivity index (χ3v) is 7.15. The zero-order valence-corrected chi connectivity index (χ0v) is 20.2. The fraction of sp³-hybridized carbons (Fsp3) is 0.148. The van der Waals surface area contributed by atoms with E-state index in [9.17, 15) is 9.59 Å². The number of aromatic nitrogens is 1. The van der Waals surface area contributed by atoms with Crippen LogP contribution in [-0.2, 0) is 9.53 Å². The molecule has 1 atom stereocenters. The molecule has 1 aliphatic rings. The van der Waals surface area contributed by atoms with Crippen LogP contribution in [0.25, 0.3) is 16.8 Å². The van der Waals surface area contributed by atoms with Gasteiger partial charge in [0.1, 0.15) is 0 Å². The van der Waals surface area contributed by atoms with Gasteiger partial charge in [-0.15, -0.1) is 0 Å². The predicted octanol–water partition coefficient (Wildman–Crippen LogP) is 4.60. The summed E-state index contributed by atoms with van der Waals surface area (Å²) in [7, 11) is 0. The normalized spacial score (nSPS) is 15.9. The van der Waals surface area contributed by atoms with Crippen molar-refractivity contribution in [1.82, 2.24) is 4.57 Å². The van der Waals surface area contributed by atoms with Crippen LogP contribution in [0.15, 0.2) is 87.8 Å². The summed E-state index contributed by atoms with van der Waals surface area (Å²) >= 11 is 7.62. The Morgan fingerprint density at radius 2 is 1.85 bits per heavy atom. The lowest BCUT2D eigenvalue weighted by Crippen LogP contribution is -2.40. The minimum Gasteiger partial charge on any atom is -0.463 e. The van der Waals surface area contributed by atoms with E-state index in [1.165, 1.54) is 11.3 Å². The van der Waals surface area contributed by atoms with Crippen LogP contribution in [0.1, 0.15) is 31.0 Å². The van der Waals surface area contributed by atoms with Crippen LogP contribution in [0.2, 0.25) is 5.02 Å². The zero-order chi connectivity index (χ0) is 23.8. The summed E-state index contributed by atoms with van der Waals surface area (Å²) in [6.45, 7) is 3.78. The van der Waals surface area contributed by atoms with Crippen molar-refractivity contribution < 1.29 is 9.53 Å². The second-order valence-corrected chi connectivity index (χ2v) is 9.31. The van der Waals surface area contributed by atoms with Gasteiger partial charge in [-0.1, -0.05) is 83.6 Å². The van der Waals surface area contributed by atoms with E-state index in [-0.39, 0.29) is 12.2 Å². The van der Waals surface area contributed by atoms with Crippen molar-refractivity contribution in [3.8, 4) is 0 Å². The fourth-order valence-corrected chi connectivity index (χ4v) is 5.54. The van der Waals surface area contributed by atoms with Gasteiger partial charge in [0.2, 0.25) is 0 Å². The van der Waals surface area contributed by atoms with E-state index in [4.69, 9.17) is 16.3 Å². The number of halogens is 1. The Morgan fingerprint density at radius 1 is 1.12 bits per heavy atom. The summed E-state index contributed by atoms with van der Waals surface area (Å²) in [5, 5.41) is 2.55. The van der Waals surface area contributed by atoms with Gasteiger partial charge in [0.25, 0.3) is 5.56 Å². The quantitative estimate of drug-likeness (QED) is 0.394. The van der Waals surface area contributed by atoms with Crippen molar-refractivity contribution in [2.45, 2.75) is 19.9 Å². The molecule has 4 aromatic rings. The number of thiazole rings is 1. The number of carbonyl (C=O) groups excluding carboxylic acids is 1. The molecule has 3 aromatic carbocycles.